The van der Waals surface area contributed by atoms with Crippen LogP contribution in [0.5, 0.6) is 0 Å². The molecule has 0 amide bonds. The quantitative estimate of drug-likeness (QED) is 0.153. The van der Waals surface area contributed by atoms with Crippen LogP contribution in [-0.4, -0.2) is 6.71 Å². The molecule has 0 aromatic heterocycles. The lowest BCUT2D eigenvalue weighted by Gasteiger charge is -2.45. The van der Waals surface area contributed by atoms with E-state index in [9.17, 15) is 0 Å². The molecule has 9 aromatic carbocycles. The Morgan fingerprint density at radius 1 is 0.274 bits per heavy atom. The molecule has 2 aliphatic rings. The molecule has 0 bridgehead atoms. The van der Waals surface area contributed by atoms with E-state index in [0.717, 1.165) is 0 Å². The summed E-state index contributed by atoms with van der Waals surface area (Å²) in [6.45, 7) is 28.1. The van der Waals surface area contributed by atoms with Gasteiger partial charge in [-0.25, -0.2) is 0 Å². The highest BCUT2D eigenvalue weighted by molar-refractivity contribution is 7.00. The van der Waals surface area contributed by atoms with Crippen LogP contribution >= 0.6 is 0 Å². The summed E-state index contributed by atoms with van der Waals surface area (Å²) in [5.74, 6) is 0. The van der Waals surface area contributed by atoms with Crippen molar-refractivity contribution in [1.29, 1.82) is 0 Å². The summed E-state index contributed by atoms with van der Waals surface area (Å²) in [7, 11) is 0. The Hall–Kier alpha value is -7.36. The summed E-state index contributed by atoms with van der Waals surface area (Å²) in [6, 6.07) is 76.1. The molecule has 2 aliphatic heterocycles. The first kappa shape index (κ1) is 47.9. The fourth-order valence-electron chi connectivity index (χ4n) is 11.3. The topological polar surface area (TPSA) is 6.48 Å². The van der Waals surface area contributed by atoms with Crippen molar-refractivity contribution in [2.45, 2.75) is 105 Å². The minimum atomic E-state index is -0.0860. The largest absolute Gasteiger partial charge is 0.311 e. The molecule has 2 heterocycles. The molecule has 0 spiro atoms. The second-order valence-electron chi connectivity index (χ2n) is 24.7. The fourth-order valence-corrected chi connectivity index (χ4v) is 11.3. The Bertz CT molecular complexity index is 3260. The van der Waals surface area contributed by atoms with E-state index in [4.69, 9.17) is 0 Å². The number of fused-ring (bicyclic) bond motifs is 4. The van der Waals surface area contributed by atoms with Crippen molar-refractivity contribution in [2.24, 2.45) is 0 Å². The maximum absolute atomic E-state index is 2.60. The SMILES string of the molecule is CC(C)(C)c1cc(N2c3ccc(-c4ccccc4-c4ccccc4)cc3B3c4cc(-c5ccccc5-c5ccccc5)ccc4N(c4cc(C(C)(C)C)cc(C(C)(C)C)c4)c4cccc2c43)cc(C(C)(C)C)c1. The van der Waals surface area contributed by atoms with Crippen LogP contribution < -0.4 is 26.2 Å². The average Bonchev–Trinajstić information content (AvgIpc) is 3.37. The summed E-state index contributed by atoms with van der Waals surface area (Å²) in [5.41, 5.74) is 26.0. The molecule has 0 fully saturated rings. The molecular weight excluding hydrogens is 880 g/mol. The van der Waals surface area contributed by atoms with Crippen LogP contribution in [0.15, 0.2) is 200 Å². The van der Waals surface area contributed by atoms with Gasteiger partial charge in [0.05, 0.1) is 0 Å². The molecule has 0 unspecified atom stereocenters. The van der Waals surface area contributed by atoms with Gasteiger partial charge >= 0.3 is 0 Å². The van der Waals surface area contributed by atoms with Gasteiger partial charge in [0, 0.05) is 34.1 Å². The Labute approximate surface area is 436 Å². The second-order valence-corrected chi connectivity index (χ2v) is 24.7. The lowest BCUT2D eigenvalue weighted by Crippen LogP contribution is -2.61. The zero-order valence-corrected chi connectivity index (χ0v) is 45.0. The van der Waals surface area contributed by atoms with Crippen molar-refractivity contribution in [3.63, 3.8) is 0 Å². The van der Waals surface area contributed by atoms with Crippen molar-refractivity contribution in [3.05, 3.63) is 222 Å². The number of benzene rings is 9. The Morgan fingerprint density at radius 3 is 0.918 bits per heavy atom. The number of anilines is 6. The first-order chi connectivity index (χ1) is 34.7. The standard InChI is InChI=1S/C70H69BN2/c1-67(2,3)50-40-51(68(4,5)6)43-54(42-50)72-62-36-34-48(58-30-21-19-28-56(58)46-24-15-13-16-25-46)38-60(62)71-61-39-49(59-31-22-20-29-57(59)47-26-17-14-18-27-47)35-37-63(61)73(65-33-23-32-64(72)66(65)71)55-44-52(69(7,8)9)41-53(45-55)70(10,11)12/h13-45H,1-12H3. The van der Waals surface area contributed by atoms with Gasteiger partial charge in [-0.2, -0.15) is 0 Å². The molecular formula is C70H69BN2. The Morgan fingerprint density at radius 2 is 0.589 bits per heavy atom. The van der Waals surface area contributed by atoms with Crippen molar-refractivity contribution in [3.8, 4) is 44.5 Å². The molecule has 0 aliphatic carbocycles. The van der Waals surface area contributed by atoms with E-state index in [1.165, 1.54) is 117 Å². The number of nitrogens with zero attached hydrogens (tertiary/aromatic N) is 2. The maximum Gasteiger partial charge on any atom is 0.252 e. The van der Waals surface area contributed by atoms with Gasteiger partial charge in [-0.05, 0) is 153 Å². The molecule has 0 N–H and O–H groups in total. The zero-order chi connectivity index (χ0) is 51.2. The van der Waals surface area contributed by atoms with Crippen LogP contribution in [-0.2, 0) is 21.7 Å². The van der Waals surface area contributed by atoms with Crippen LogP contribution in [0.25, 0.3) is 44.5 Å². The van der Waals surface area contributed by atoms with E-state index in [1.54, 1.807) is 0 Å². The Kier molecular flexibility index (Phi) is 11.6. The van der Waals surface area contributed by atoms with Crippen LogP contribution in [0.1, 0.15) is 105 Å². The van der Waals surface area contributed by atoms with Gasteiger partial charge in [0.25, 0.3) is 6.71 Å². The molecule has 0 atom stereocenters. The summed E-state index contributed by atoms with van der Waals surface area (Å²) >= 11 is 0. The molecule has 362 valence electrons. The molecule has 0 saturated heterocycles. The summed E-state index contributed by atoms with van der Waals surface area (Å²) in [5, 5.41) is 0. The van der Waals surface area contributed by atoms with Gasteiger partial charge in [0.2, 0.25) is 0 Å². The zero-order valence-electron chi connectivity index (χ0n) is 45.0. The third-order valence-electron chi connectivity index (χ3n) is 15.5. The third kappa shape index (κ3) is 8.71. The van der Waals surface area contributed by atoms with E-state index >= 15 is 0 Å². The third-order valence-corrected chi connectivity index (χ3v) is 15.5. The predicted molar refractivity (Wildman–Crippen MR) is 317 cm³/mol. The van der Waals surface area contributed by atoms with E-state index in [-0.39, 0.29) is 28.4 Å². The maximum atomic E-state index is 2.60. The highest BCUT2D eigenvalue weighted by Gasteiger charge is 2.44. The first-order valence-electron chi connectivity index (χ1n) is 26.4. The molecule has 2 nitrogen and oxygen atoms in total. The molecule has 0 radical (unpaired) electrons. The minimum Gasteiger partial charge on any atom is -0.311 e. The average molecular weight is 949 g/mol. The molecule has 9 aromatic rings. The van der Waals surface area contributed by atoms with E-state index in [0.29, 0.717) is 0 Å². The Balaban J connectivity index is 1.25. The highest BCUT2D eigenvalue weighted by atomic mass is 15.2. The predicted octanol–water partition coefficient (Wildman–Crippen LogP) is 17.6. The van der Waals surface area contributed by atoms with Gasteiger partial charge in [-0.15, -0.1) is 0 Å². The smallest absolute Gasteiger partial charge is 0.252 e. The van der Waals surface area contributed by atoms with Crippen molar-refractivity contribution >= 4 is 57.2 Å². The lowest BCUT2D eigenvalue weighted by molar-refractivity contribution is 0.568. The van der Waals surface area contributed by atoms with E-state index < -0.39 is 0 Å². The van der Waals surface area contributed by atoms with Gasteiger partial charge in [0.15, 0.2) is 0 Å². The highest BCUT2D eigenvalue weighted by Crippen LogP contribution is 2.48. The number of hydrogen-bond donors (Lipinski definition) is 0. The number of rotatable bonds is 6. The normalized spacial score (nSPS) is 13.4. The molecule has 3 heteroatoms. The minimum absolute atomic E-state index is 0.0662. The van der Waals surface area contributed by atoms with Crippen LogP contribution in [0.2, 0.25) is 0 Å². The monoisotopic (exact) mass is 949 g/mol. The number of hydrogen-bond acceptors (Lipinski definition) is 2. The second kappa shape index (κ2) is 17.7. The van der Waals surface area contributed by atoms with Gasteiger partial charge in [-0.1, -0.05) is 235 Å². The van der Waals surface area contributed by atoms with Crippen molar-refractivity contribution in [2.75, 3.05) is 9.80 Å². The molecule has 0 saturated carbocycles. The van der Waals surface area contributed by atoms with E-state index in [1.807, 2.05) is 0 Å². The molecule has 11 rings (SSSR count). The van der Waals surface area contributed by atoms with Gasteiger partial charge in [-0.3, -0.25) is 0 Å². The summed E-state index contributed by atoms with van der Waals surface area (Å²) < 4.78 is 0. The summed E-state index contributed by atoms with van der Waals surface area (Å²) in [4.78, 5) is 5.21. The van der Waals surface area contributed by atoms with Crippen LogP contribution in [0, 0.1) is 0 Å². The fraction of sp³-hybridized carbons (Fsp3) is 0.229. The summed E-state index contributed by atoms with van der Waals surface area (Å²) in [6.07, 6.45) is 0. The van der Waals surface area contributed by atoms with Crippen LogP contribution in [0.4, 0.5) is 34.1 Å². The van der Waals surface area contributed by atoms with Crippen molar-refractivity contribution < 1.29 is 0 Å². The molecule has 73 heavy (non-hydrogen) atoms. The lowest BCUT2D eigenvalue weighted by atomic mass is 9.33. The van der Waals surface area contributed by atoms with Gasteiger partial charge < -0.3 is 9.80 Å². The van der Waals surface area contributed by atoms with E-state index in [2.05, 4.69) is 293 Å². The first-order valence-corrected chi connectivity index (χ1v) is 26.4. The van der Waals surface area contributed by atoms with Crippen molar-refractivity contribution in [1.82, 2.24) is 0 Å². The van der Waals surface area contributed by atoms with Gasteiger partial charge in [0.1, 0.15) is 0 Å². The van der Waals surface area contributed by atoms with Crippen LogP contribution in [0.3, 0.4) is 0 Å².